The molecule has 6 heteroatoms. The van der Waals surface area contributed by atoms with Gasteiger partial charge in [0.05, 0.1) is 18.8 Å². The standard InChI is InChI=1S/C10H15N3O3/c1-3-16-10(15)7-4-6(2)9(12-13-11)8(14)5-7/h4,6,8-9,14H,3,5H2,1-2H3/t6-,8+,9-/m0/s1. The zero-order valence-corrected chi connectivity index (χ0v) is 9.33. The zero-order valence-electron chi connectivity index (χ0n) is 9.33. The molecule has 1 rings (SSSR count). The van der Waals surface area contributed by atoms with Gasteiger partial charge in [-0.25, -0.2) is 4.79 Å². The molecular weight excluding hydrogens is 210 g/mol. The van der Waals surface area contributed by atoms with E-state index in [0.717, 1.165) is 0 Å². The fourth-order valence-corrected chi connectivity index (χ4v) is 1.80. The number of carbonyl (C=O) groups is 1. The molecule has 88 valence electrons. The van der Waals surface area contributed by atoms with Gasteiger partial charge in [0, 0.05) is 16.9 Å². The maximum Gasteiger partial charge on any atom is 0.333 e. The Morgan fingerprint density at radius 3 is 3.00 bits per heavy atom. The summed E-state index contributed by atoms with van der Waals surface area (Å²) < 4.78 is 4.85. The van der Waals surface area contributed by atoms with Gasteiger partial charge in [-0.1, -0.05) is 18.1 Å². The average Bonchev–Trinajstić information content (AvgIpc) is 2.23. The van der Waals surface area contributed by atoms with Crippen molar-refractivity contribution in [2.75, 3.05) is 6.61 Å². The molecule has 16 heavy (non-hydrogen) atoms. The molecule has 0 aromatic carbocycles. The van der Waals surface area contributed by atoms with E-state index in [2.05, 4.69) is 10.0 Å². The quantitative estimate of drug-likeness (QED) is 0.341. The van der Waals surface area contributed by atoms with Crippen molar-refractivity contribution in [1.29, 1.82) is 0 Å². The molecule has 0 aromatic heterocycles. The maximum absolute atomic E-state index is 11.4. The molecule has 1 aliphatic rings. The molecule has 0 aromatic rings. The third-order valence-electron chi connectivity index (χ3n) is 2.55. The molecule has 0 heterocycles. The SMILES string of the molecule is CCOC(=O)C1=C[C@H](C)[C@H](N=[N+]=[N-])[C@H](O)C1. The number of nitrogens with zero attached hydrogens (tertiary/aromatic N) is 3. The second-order valence-corrected chi connectivity index (χ2v) is 3.74. The van der Waals surface area contributed by atoms with Gasteiger partial charge >= 0.3 is 5.97 Å². The maximum atomic E-state index is 11.4. The van der Waals surface area contributed by atoms with E-state index in [1.165, 1.54) is 0 Å². The summed E-state index contributed by atoms with van der Waals surface area (Å²) in [5, 5.41) is 13.3. The molecule has 3 atom stereocenters. The summed E-state index contributed by atoms with van der Waals surface area (Å²) in [6.45, 7) is 3.82. The first-order chi connectivity index (χ1) is 7.60. The highest BCUT2D eigenvalue weighted by molar-refractivity contribution is 5.88. The Balaban J connectivity index is 2.82. The molecule has 0 amide bonds. The number of aliphatic hydroxyl groups excluding tert-OH is 1. The summed E-state index contributed by atoms with van der Waals surface area (Å²) in [6.07, 6.45) is 1.05. The highest BCUT2D eigenvalue weighted by atomic mass is 16.5. The van der Waals surface area contributed by atoms with E-state index in [0.29, 0.717) is 12.2 Å². The van der Waals surface area contributed by atoms with Crippen LogP contribution >= 0.6 is 0 Å². The molecule has 1 N–H and O–H groups in total. The van der Waals surface area contributed by atoms with Crippen molar-refractivity contribution in [1.82, 2.24) is 0 Å². The molecular formula is C10H15N3O3. The Bertz CT molecular complexity index is 347. The topological polar surface area (TPSA) is 95.3 Å². The van der Waals surface area contributed by atoms with Crippen molar-refractivity contribution in [3.8, 4) is 0 Å². The fourth-order valence-electron chi connectivity index (χ4n) is 1.80. The van der Waals surface area contributed by atoms with Crippen LogP contribution in [0.4, 0.5) is 0 Å². The summed E-state index contributed by atoms with van der Waals surface area (Å²) in [7, 11) is 0. The van der Waals surface area contributed by atoms with Crippen LogP contribution in [-0.4, -0.2) is 29.8 Å². The number of hydrogen-bond acceptors (Lipinski definition) is 4. The number of ether oxygens (including phenoxy) is 1. The molecule has 0 unspecified atom stereocenters. The summed E-state index contributed by atoms with van der Waals surface area (Å²) in [6, 6.07) is -0.511. The Morgan fingerprint density at radius 2 is 2.50 bits per heavy atom. The van der Waals surface area contributed by atoms with Crippen LogP contribution in [0, 0.1) is 5.92 Å². The first-order valence-electron chi connectivity index (χ1n) is 5.20. The molecule has 6 nitrogen and oxygen atoms in total. The minimum Gasteiger partial charge on any atom is -0.463 e. The lowest BCUT2D eigenvalue weighted by Gasteiger charge is -2.28. The third kappa shape index (κ3) is 2.74. The Kier molecular flexibility index (Phi) is 4.34. The number of aliphatic hydroxyl groups is 1. The van der Waals surface area contributed by atoms with Gasteiger partial charge in [-0.05, 0) is 18.4 Å². The largest absolute Gasteiger partial charge is 0.463 e. The van der Waals surface area contributed by atoms with Crippen LogP contribution in [-0.2, 0) is 9.53 Å². The molecule has 0 saturated carbocycles. The third-order valence-corrected chi connectivity index (χ3v) is 2.55. The van der Waals surface area contributed by atoms with Crippen molar-refractivity contribution in [3.05, 3.63) is 22.1 Å². The van der Waals surface area contributed by atoms with Crippen LogP contribution < -0.4 is 0 Å². The minimum absolute atomic E-state index is 0.168. The Hall–Kier alpha value is -1.52. The van der Waals surface area contributed by atoms with Crippen LogP contribution in [0.3, 0.4) is 0 Å². The Labute approximate surface area is 93.5 Å². The monoisotopic (exact) mass is 225 g/mol. The normalized spacial score (nSPS) is 28.9. The summed E-state index contributed by atoms with van der Waals surface area (Å²) in [4.78, 5) is 14.1. The predicted molar refractivity (Wildman–Crippen MR) is 57.4 cm³/mol. The first kappa shape index (κ1) is 12.5. The van der Waals surface area contributed by atoms with E-state index in [1.54, 1.807) is 19.9 Å². The van der Waals surface area contributed by atoms with E-state index in [-0.39, 0.29) is 12.3 Å². The van der Waals surface area contributed by atoms with Crippen molar-refractivity contribution in [3.63, 3.8) is 0 Å². The van der Waals surface area contributed by atoms with Gasteiger partial charge in [0.15, 0.2) is 0 Å². The van der Waals surface area contributed by atoms with Crippen LogP contribution in [0.1, 0.15) is 20.3 Å². The second kappa shape index (κ2) is 5.53. The second-order valence-electron chi connectivity index (χ2n) is 3.74. The highest BCUT2D eigenvalue weighted by Crippen LogP contribution is 2.26. The molecule has 0 fully saturated rings. The van der Waals surface area contributed by atoms with Crippen molar-refractivity contribution >= 4 is 5.97 Å². The van der Waals surface area contributed by atoms with Gasteiger partial charge in [-0.3, -0.25) is 0 Å². The number of hydrogen-bond donors (Lipinski definition) is 1. The molecule has 0 bridgehead atoms. The highest BCUT2D eigenvalue weighted by Gasteiger charge is 2.31. The molecule has 0 saturated heterocycles. The van der Waals surface area contributed by atoms with Gasteiger partial charge in [0.25, 0.3) is 0 Å². The zero-order chi connectivity index (χ0) is 12.1. The fraction of sp³-hybridized carbons (Fsp3) is 0.700. The number of rotatable bonds is 3. The lowest BCUT2D eigenvalue weighted by molar-refractivity contribution is -0.139. The summed E-state index contributed by atoms with van der Waals surface area (Å²) in [5.74, 6) is -0.577. The van der Waals surface area contributed by atoms with Crippen LogP contribution in [0.5, 0.6) is 0 Å². The van der Waals surface area contributed by atoms with Crippen LogP contribution in [0.25, 0.3) is 10.4 Å². The van der Waals surface area contributed by atoms with Gasteiger partial charge in [-0.2, -0.15) is 0 Å². The smallest absolute Gasteiger partial charge is 0.333 e. The molecule has 1 aliphatic carbocycles. The summed E-state index contributed by atoms with van der Waals surface area (Å²) in [5.41, 5.74) is 8.80. The van der Waals surface area contributed by atoms with Gasteiger partial charge in [0.2, 0.25) is 0 Å². The van der Waals surface area contributed by atoms with Crippen molar-refractivity contribution in [2.24, 2.45) is 11.0 Å². The molecule has 0 radical (unpaired) electrons. The minimum atomic E-state index is -0.824. The number of azide groups is 1. The lowest BCUT2D eigenvalue weighted by atomic mass is 9.85. The number of carbonyl (C=O) groups excluding carboxylic acids is 1. The van der Waals surface area contributed by atoms with Gasteiger partial charge in [0.1, 0.15) is 0 Å². The van der Waals surface area contributed by atoms with Crippen LogP contribution in [0.2, 0.25) is 0 Å². The Morgan fingerprint density at radius 1 is 1.81 bits per heavy atom. The van der Waals surface area contributed by atoms with Gasteiger partial charge < -0.3 is 9.84 Å². The van der Waals surface area contributed by atoms with Gasteiger partial charge in [-0.15, -0.1) is 0 Å². The first-order valence-corrected chi connectivity index (χ1v) is 5.20. The summed E-state index contributed by atoms with van der Waals surface area (Å²) >= 11 is 0. The number of esters is 1. The molecule has 0 aliphatic heterocycles. The van der Waals surface area contributed by atoms with Crippen molar-refractivity contribution in [2.45, 2.75) is 32.4 Å². The predicted octanol–water partition coefficient (Wildman–Crippen LogP) is 1.56. The van der Waals surface area contributed by atoms with E-state index in [4.69, 9.17) is 10.3 Å². The molecule has 0 spiro atoms. The van der Waals surface area contributed by atoms with Crippen LogP contribution in [0.15, 0.2) is 16.8 Å². The lowest BCUT2D eigenvalue weighted by Crippen LogP contribution is -2.35. The van der Waals surface area contributed by atoms with E-state index in [1.807, 2.05) is 0 Å². The van der Waals surface area contributed by atoms with E-state index >= 15 is 0 Å². The van der Waals surface area contributed by atoms with E-state index < -0.39 is 18.1 Å². The average molecular weight is 225 g/mol. The van der Waals surface area contributed by atoms with Crippen molar-refractivity contribution < 1.29 is 14.6 Å². The van der Waals surface area contributed by atoms with E-state index in [9.17, 15) is 9.90 Å².